The molecule has 1 aromatic heterocycles. The van der Waals surface area contributed by atoms with Gasteiger partial charge < -0.3 is 5.32 Å². The number of hydrogen-bond donors (Lipinski definition) is 2. The van der Waals surface area contributed by atoms with E-state index in [4.69, 9.17) is 11.6 Å². The minimum atomic E-state index is -3.79. The molecular weight excluding hydrogens is 380 g/mol. The lowest BCUT2D eigenvalue weighted by Crippen LogP contribution is -2.14. The van der Waals surface area contributed by atoms with Crippen LogP contribution in [0.15, 0.2) is 40.0 Å². The predicted molar refractivity (Wildman–Crippen MR) is 86.2 cm³/mol. The highest BCUT2D eigenvalue weighted by Crippen LogP contribution is 2.27. The van der Waals surface area contributed by atoms with E-state index in [9.17, 15) is 8.42 Å². The number of benzene rings is 1. The van der Waals surface area contributed by atoms with E-state index < -0.39 is 10.0 Å². The summed E-state index contributed by atoms with van der Waals surface area (Å²) in [5.41, 5.74) is 0.279. The van der Waals surface area contributed by atoms with Crippen molar-refractivity contribution in [3.05, 3.63) is 40.1 Å². The van der Waals surface area contributed by atoms with E-state index in [1.165, 1.54) is 12.4 Å². The molecule has 0 amide bonds. The van der Waals surface area contributed by atoms with E-state index in [0.717, 1.165) is 0 Å². The van der Waals surface area contributed by atoms with Gasteiger partial charge in [0.05, 0.1) is 23.1 Å². The fraction of sp³-hybridized carbons (Fsp3) is 0.167. The summed E-state index contributed by atoms with van der Waals surface area (Å²) in [6.07, 6.45) is 2.47. The number of nitrogens with one attached hydrogen (secondary N) is 2. The van der Waals surface area contributed by atoms with Crippen LogP contribution in [0.1, 0.15) is 6.92 Å². The van der Waals surface area contributed by atoms with Gasteiger partial charge in [0.25, 0.3) is 10.0 Å². The van der Waals surface area contributed by atoms with Crippen LogP contribution in [0.5, 0.6) is 0 Å². The fourth-order valence-electron chi connectivity index (χ4n) is 1.48. The minimum absolute atomic E-state index is 0.0415. The average Bonchev–Trinajstić information content (AvgIpc) is 2.44. The molecule has 2 aromatic rings. The zero-order valence-electron chi connectivity index (χ0n) is 11.0. The van der Waals surface area contributed by atoms with Crippen molar-refractivity contribution < 1.29 is 8.42 Å². The van der Waals surface area contributed by atoms with Gasteiger partial charge in [-0.05, 0) is 25.1 Å². The molecule has 0 radical (unpaired) electrons. The van der Waals surface area contributed by atoms with E-state index in [2.05, 4.69) is 35.9 Å². The molecule has 2 N–H and O–H groups in total. The van der Waals surface area contributed by atoms with Crippen molar-refractivity contribution in [2.24, 2.45) is 0 Å². The quantitative estimate of drug-likeness (QED) is 0.818. The Labute approximate surface area is 136 Å². The Morgan fingerprint density at radius 3 is 2.57 bits per heavy atom. The average molecular weight is 392 g/mol. The van der Waals surface area contributed by atoms with Crippen LogP contribution in [0.3, 0.4) is 0 Å². The predicted octanol–water partition coefficient (Wildman–Crippen LogP) is 3.13. The normalized spacial score (nSPS) is 11.2. The first kappa shape index (κ1) is 16.0. The maximum absolute atomic E-state index is 12.2. The lowest BCUT2D eigenvalue weighted by Gasteiger charge is -2.10. The summed E-state index contributed by atoms with van der Waals surface area (Å²) in [7, 11) is -3.79. The third kappa shape index (κ3) is 4.05. The maximum Gasteiger partial charge on any atom is 0.265 e. The molecule has 0 bridgehead atoms. The Bertz CT molecular complexity index is 737. The number of sulfonamides is 1. The largest absolute Gasteiger partial charge is 0.355 e. The SMILES string of the molecule is CCNc1ncc(S(=O)(=O)Nc2cc(Br)ccc2Cl)cn1. The van der Waals surface area contributed by atoms with Gasteiger partial charge in [0.2, 0.25) is 5.95 Å². The van der Waals surface area contributed by atoms with Crippen LogP contribution in [-0.2, 0) is 10.0 Å². The van der Waals surface area contributed by atoms with E-state index >= 15 is 0 Å². The van der Waals surface area contributed by atoms with Crippen molar-refractivity contribution in [2.75, 3.05) is 16.6 Å². The lowest BCUT2D eigenvalue weighted by atomic mass is 10.3. The topological polar surface area (TPSA) is 84.0 Å². The summed E-state index contributed by atoms with van der Waals surface area (Å²) in [5, 5.41) is 3.19. The number of anilines is 2. The molecule has 2 rings (SSSR count). The molecule has 6 nitrogen and oxygen atoms in total. The molecule has 1 heterocycles. The molecule has 0 spiro atoms. The Hall–Kier alpha value is -1.38. The summed E-state index contributed by atoms with van der Waals surface area (Å²) in [6.45, 7) is 2.54. The molecule has 0 unspecified atom stereocenters. The van der Waals surface area contributed by atoms with E-state index in [-0.39, 0.29) is 10.6 Å². The van der Waals surface area contributed by atoms with Crippen LogP contribution in [0.25, 0.3) is 0 Å². The summed E-state index contributed by atoms with van der Waals surface area (Å²) >= 11 is 9.23. The van der Waals surface area contributed by atoms with Crippen LogP contribution in [-0.4, -0.2) is 24.9 Å². The van der Waals surface area contributed by atoms with Gasteiger partial charge in [-0.1, -0.05) is 27.5 Å². The molecule has 0 atom stereocenters. The fourth-order valence-corrected chi connectivity index (χ4v) is 3.02. The summed E-state index contributed by atoms with van der Waals surface area (Å²) in [4.78, 5) is 7.82. The van der Waals surface area contributed by atoms with Crippen molar-refractivity contribution >= 4 is 49.2 Å². The lowest BCUT2D eigenvalue weighted by molar-refractivity contribution is 0.600. The highest BCUT2D eigenvalue weighted by atomic mass is 79.9. The molecule has 0 aliphatic carbocycles. The summed E-state index contributed by atoms with van der Waals surface area (Å²) < 4.78 is 27.6. The van der Waals surface area contributed by atoms with Crippen molar-refractivity contribution in [1.82, 2.24) is 9.97 Å². The smallest absolute Gasteiger partial charge is 0.265 e. The zero-order valence-corrected chi connectivity index (χ0v) is 14.1. The first-order chi connectivity index (χ1) is 9.92. The van der Waals surface area contributed by atoms with E-state index in [0.29, 0.717) is 22.0 Å². The molecule has 0 aliphatic heterocycles. The van der Waals surface area contributed by atoms with Crippen LogP contribution in [0.4, 0.5) is 11.6 Å². The molecule has 112 valence electrons. The Morgan fingerprint density at radius 2 is 1.95 bits per heavy atom. The first-order valence-electron chi connectivity index (χ1n) is 5.96. The second-order valence-corrected chi connectivity index (χ2v) is 7.01. The third-order valence-electron chi connectivity index (χ3n) is 2.45. The van der Waals surface area contributed by atoms with Crippen molar-refractivity contribution in [3.8, 4) is 0 Å². The molecule has 9 heteroatoms. The van der Waals surface area contributed by atoms with Crippen molar-refractivity contribution in [1.29, 1.82) is 0 Å². The second-order valence-electron chi connectivity index (χ2n) is 4.00. The van der Waals surface area contributed by atoms with Crippen molar-refractivity contribution in [3.63, 3.8) is 0 Å². The van der Waals surface area contributed by atoms with Gasteiger partial charge in [-0.15, -0.1) is 0 Å². The molecule has 0 saturated heterocycles. The van der Waals surface area contributed by atoms with Crippen LogP contribution < -0.4 is 10.0 Å². The maximum atomic E-state index is 12.2. The molecule has 0 saturated carbocycles. The number of nitrogens with zero attached hydrogens (tertiary/aromatic N) is 2. The molecule has 0 fully saturated rings. The van der Waals surface area contributed by atoms with E-state index in [1.807, 2.05) is 6.92 Å². The Balaban J connectivity index is 2.27. The van der Waals surface area contributed by atoms with Crippen LogP contribution >= 0.6 is 27.5 Å². The van der Waals surface area contributed by atoms with Gasteiger partial charge in [0, 0.05) is 11.0 Å². The van der Waals surface area contributed by atoms with Gasteiger partial charge in [0.15, 0.2) is 0 Å². The van der Waals surface area contributed by atoms with Gasteiger partial charge in [-0.2, -0.15) is 0 Å². The Morgan fingerprint density at radius 1 is 1.29 bits per heavy atom. The van der Waals surface area contributed by atoms with Crippen LogP contribution in [0, 0.1) is 0 Å². The number of halogens is 2. The van der Waals surface area contributed by atoms with Crippen molar-refractivity contribution in [2.45, 2.75) is 11.8 Å². The zero-order chi connectivity index (χ0) is 15.5. The highest BCUT2D eigenvalue weighted by Gasteiger charge is 2.17. The molecule has 21 heavy (non-hydrogen) atoms. The molecule has 0 aliphatic rings. The van der Waals surface area contributed by atoms with E-state index in [1.54, 1.807) is 18.2 Å². The minimum Gasteiger partial charge on any atom is -0.355 e. The van der Waals surface area contributed by atoms with Gasteiger partial charge in [-0.3, -0.25) is 4.72 Å². The number of hydrogen-bond acceptors (Lipinski definition) is 5. The summed E-state index contributed by atoms with van der Waals surface area (Å²) in [6, 6.07) is 4.89. The molecular formula is C12H12BrClN4O2S. The third-order valence-corrected chi connectivity index (χ3v) is 4.59. The van der Waals surface area contributed by atoms with Gasteiger partial charge in [-0.25, -0.2) is 18.4 Å². The number of rotatable bonds is 5. The standard InChI is InChI=1S/C12H12BrClN4O2S/c1-2-15-12-16-6-9(7-17-12)21(19,20)18-11-5-8(13)3-4-10(11)14/h3-7,18H,2H2,1H3,(H,15,16,17). The Kier molecular flexibility index (Phi) is 5.02. The first-order valence-corrected chi connectivity index (χ1v) is 8.61. The number of aromatic nitrogens is 2. The second kappa shape index (κ2) is 6.59. The van der Waals surface area contributed by atoms with Gasteiger partial charge in [0.1, 0.15) is 4.90 Å². The summed E-state index contributed by atoms with van der Waals surface area (Å²) in [5.74, 6) is 0.372. The van der Waals surface area contributed by atoms with Gasteiger partial charge >= 0.3 is 0 Å². The van der Waals surface area contributed by atoms with Crippen LogP contribution in [0.2, 0.25) is 5.02 Å². The monoisotopic (exact) mass is 390 g/mol. The highest BCUT2D eigenvalue weighted by molar-refractivity contribution is 9.10. The molecule has 1 aromatic carbocycles.